The van der Waals surface area contributed by atoms with E-state index >= 15 is 0 Å². The molecule has 6 heteroatoms. The van der Waals surface area contributed by atoms with Gasteiger partial charge in [0.25, 0.3) is 0 Å². The summed E-state index contributed by atoms with van der Waals surface area (Å²) < 4.78 is 5.58. The van der Waals surface area contributed by atoms with Crippen LogP contribution in [0.1, 0.15) is 23.6 Å². The highest BCUT2D eigenvalue weighted by Gasteiger charge is 2.11. The molecule has 0 radical (unpaired) electrons. The number of nitrogens with zero attached hydrogens (tertiary/aromatic N) is 1. The molecule has 3 aromatic rings. The first-order valence-electron chi connectivity index (χ1n) is 10.2. The summed E-state index contributed by atoms with van der Waals surface area (Å²) in [6, 6.07) is 14.9. The second-order valence-corrected chi connectivity index (χ2v) is 7.09. The van der Waals surface area contributed by atoms with Crippen LogP contribution in [-0.4, -0.2) is 37.2 Å². The Morgan fingerprint density at radius 3 is 2.93 bits per heavy atom. The normalized spacial score (nSPS) is 12.9. The van der Waals surface area contributed by atoms with Gasteiger partial charge in [0.1, 0.15) is 5.75 Å². The highest BCUT2D eigenvalue weighted by Crippen LogP contribution is 2.25. The van der Waals surface area contributed by atoms with Crippen LogP contribution in [0, 0.1) is 0 Å². The highest BCUT2D eigenvalue weighted by atomic mass is 127. The molecule has 0 saturated heterocycles. The fraction of sp³-hybridized carbons (Fsp3) is 0.348. The average molecular weight is 504 g/mol. The number of H-pyrrole nitrogens is 1. The van der Waals surface area contributed by atoms with Crippen molar-refractivity contribution in [3.8, 4) is 5.75 Å². The van der Waals surface area contributed by atoms with Crippen molar-refractivity contribution >= 4 is 40.8 Å². The maximum atomic E-state index is 5.58. The number of fused-ring (bicyclic) bond motifs is 2. The van der Waals surface area contributed by atoms with E-state index in [2.05, 4.69) is 71.2 Å². The molecule has 1 aliphatic rings. The van der Waals surface area contributed by atoms with E-state index in [0.29, 0.717) is 0 Å². The van der Waals surface area contributed by atoms with E-state index in [9.17, 15) is 0 Å². The van der Waals surface area contributed by atoms with Gasteiger partial charge in [0.05, 0.1) is 6.61 Å². The van der Waals surface area contributed by atoms with Gasteiger partial charge < -0.3 is 20.4 Å². The Labute approximate surface area is 189 Å². The molecule has 0 unspecified atom stereocenters. The minimum Gasteiger partial charge on any atom is -0.493 e. The number of benzene rings is 2. The fourth-order valence-electron chi connectivity index (χ4n) is 3.69. The summed E-state index contributed by atoms with van der Waals surface area (Å²) in [7, 11) is 0. The molecular formula is C23H29IN4O. The van der Waals surface area contributed by atoms with Gasteiger partial charge in [0, 0.05) is 43.2 Å². The lowest BCUT2D eigenvalue weighted by atomic mass is 10.1. The number of aliphatic imine (C=N–C) groups is 1. The van der Waals surface area contributed by atoms with E-state index in [1.165, 1.54) is 27.6 Å². The van der Waals surface area contributed by atoms with Gasteiger partial charge in [0.15, 0.2) is 5.96 Å². The zero-order valence-corrected chi connectivity index (χ0v) is 19.2. The van der Waals surface area contributed by atoms with Crippen LogP contribution in [0.15, 0.2) is 53.7 Å². The molecule has 3 N–H and O–H groups in total. The molecule has 0 fully saturated rings. The first kappa shape index (κ1) is 21.5. The molecule has 2 aromatic carbocycles. The maximum absolute atomic E-state index is 5.58. The number of halogens is 1. The van der Waals surface area contributed by atoms with Gasteiger partial charge in [-0.1, -0.05) is 30.3 Å². The Kier molecular flexibility index (Phi) is 7.80. The van der Waals surface area contributed by atoms with E-state index in [1.54, 1.807) is 0 Å². The van der Waals surface area contributed by atoms with Crippen molar-refractivity contribution in [3.63, 3.8) is 0 Å². The summed E-state index contributed by atoms with van der Waals surface area (Å²) in [5.41, 5.74) is 5.17. The molecule has 2 heterocycles. The van der Waals surface area contributed by atoms with Crippen LogP contribution in [0.25, 0.3) is 10.9 Å². The summed E-state index contributed by atoms with van der Waals surface area (Å²) in [5, 5.41) is 8.08. The number of hydrogen-bond donors (Lipinski definition) is 3. The molecular weight excluding hydrogens is 475 g/mol. The van der Waals surface area contributed by atoms with E-state index in [1.807, 2.05) is 0 Å². The van der Waals surface area contributed by atoms with Crippen LogP contribution in [0.2, 0.25) is 0 Å². The summed E-state index contributed by atoms with van der Waals surface area (Å²) in [4.78, 5) is 8.08. The van der Waals surface area contributed by atoms with Crippen LogP contribution in [-0.2, 0) is 19.3 Å². The van der Waals surface area contributed by atoms with Gasteiger partial charge in [-0.25, -0.2) is 0 Å². The molecule has 4 rings (SSSR count). The number of aromatic nitrogens is 1. The number of rotatable bonds is 7. The summed E-state index contributed by atoms with van der Waals surface area (Å²) in [6.07, 6.45) is 5.01. The van der Waals surface area contributed by atoms with Crippen LogP contribution in [0.3, 0.4) is 0 Å². The number of para-hydroxylation sites is 1. The Morgan fingerprint density at radius 2 is 2.03 bits per heavy atom. The molecule has 29 heavy (non-hydrogen) atoms. The van der Waals surface area contributed by atoms with Crippen molar-refractivity contribution in [2.75, 3.05) is 26.2 Å². The van der Waals surface area contributed by atoms with Crippen LogP contribution >= 0.6 is 24.0 Å². The molecule has 0 spiro atoms. The number of ether oxygens (including phenoxy) is 1. The van der Waals surface area contributed by atoms with Gasteiger partial charge in [-0.15, -0.1) is 24.0 Å². The van der Waals surface area contributed by atoms with Crippen molar-refractivity contribution in [1.29, 1.82) is 0 Å². The number of nitrogens with one attached hydrogen (secondary N) is 3. The van der Waals surface area contributed by atoms with Gasteiger partial charge in [0.2, 0.25) is 0 Å². The predicted octanol–water partition coefficient (Wildman–Crippen LogP) is 4.06. The van der Waals surface area contributed by atoms with Crippen molar-refractivity contribution in [2.24, 2.45) is 4.99 Å². The first-order valence-corrected chi connectivity index (χ1v) is 10.2. The van der Waals surface area contributed by atoms with Crippen molar-refractivity contribution in [3.05, 3.63) is 65.4 Å². The molecule has 0 aliphatic carbocycles. The lowest BCUT2D eigenvalue weighted by Gasteiger charge is -2.11. The minimum atomic E-state index is 0. The third-order valence-electron chi connectivity index (χ3n) is 5.13. The zero-order valence-electron chi connectivity index (χ0n) is 16.8. The third kappa shape index (κ3) is 5.44. The molecule has 1 aliphatic heterocycles. The maximum Gasteiger partial charge on any atom is 0.191 e. The van der Waals surface area contributed by atoms with Gasteiger partial charge >= 0.3 is 0 Å². The minimum absolute atomic E-state index is 0. The third-order valence-corrected chi connectivity index (χ3v) is 5.13. The molecule has 0 bridgehead atoms. The van der Waals surface area contributed by atoms with Crippen molar-refractivity contribution < 1.29 is 4.74 Å². The largest absolute Gasteiger partial charge is 0.493 e. The van der Waals surface area contributed by atoms with E-state index in [4.69, 9.17) is 9.73 Å². The summed E-state index contributed by atoms with van der Waals surface area (Å²) in [5.74, 6) is 1.93. The van der Waals surface area contributed by atoms with Crippen molar-refractivity contribution in [1.82, 2.24) is 15.6 Å². The van der Waals surface area contributed by atoms with Crippen LogP contribution < -0.4 is 15.4 Å². The molecule has 0 saturated carbocycles. The van der Waals surface area contributed by atoms with Gasteiger partial charge in [-0.2, -0.15) is 0 Å². The molecule has 0 atom stereocenters. The summed E-state index contributed by atoms with van der Waals surface area (Å²) >= 11 is 0. The monoisotopic (exact) mass is 504 g/mol. The van der Waals surface area contributed by atoms with E-state index < -0.39 is 0 Å². The Balaban J connectivity index is 0.00000240. The van der Waals surface area contributed by atoms with Crippen LogP contribution in [0.5, 0.6) is 5.75 Å². The first-order chi connectivity index (χ1) is 13.8. The molecule has 5 nitrogen and oxygen atoms in total. The lowest BCUT2D eigenvalue weighted by Crippen LogP contribution is -2.38. The lowest BCUT2D eigenvalue weighted by molar-refractivity contribution is 0.357. The highest BCUT2D eigenvalue weighted by molar-refractivity contribution is 14.0. The SMILES string of the molecule is CCNC(=NCCc1c[nH]c2ccccc12)NCCc1ccc2c(c1)CCO2.I. The fourth-order valence-corrected chi connectivity index (χ4v) is 3.69. The zero-order chi connectivity index (χ0) is 19.2. The van der Waals surface area contributed by atoms with E-state index in [0.717, 1.165) is 57.2 Å². The molecule has 1 aromatic heterocycles. The Morgan fingerprint density at radius 1 is 1.14 bits per heavy atom. The standard InChI is InChI=1S/C23H28N4O.HI/c1-2-24-23(25-12-9-17-7-8-22-18(15-17)11-14-28-22)26-13-10-19-16-27-21-6-4-3-5-20(19)21;/h3-8,15-16,27H,2,9-14H2,1H3,(H2,24,25,26);1H. The smallest absolute Gasteiger partial charge is 0.191 e. The van der Waals surface area contributed by atoms with E-state index in [-0.39, 0.29) is 24.0 Å². The topological polar surface area (TPSA) is 61.4 Å². The number of guanidine groups is 1. The predicted molar refractivity (Wildman–Crippen MR) is 131 cm³/mol. The average Bonchev–Trinajstić information content (AvgIpc) is 3.35. The van der Waals surface area contributed by atoms with Crippen molar-refractivity contribution in [2.45, 2.75) is 26.2 Å². The Bertz CT molecular complexity index is 966. The van der Waals surface area contributed by atoms with Crippen LogP contribution in [0.4, 0.5) is 0 Å². The number of aromatic amines is 1. The van der Waals surface area contributed by atoms with Gasteiger partial charge in [-0.3, -0.25) is 4.99 Å². The molecule has 0 amide bonds. The van der Waals surface area contributed by atoms with Gasteiger partial charge in [-0.05, 0) is 48.6 Å². The second-order valence-electron chi connectivity index (χ2n) is 7.09. The second kappa shape index (κ2) is 10.5. The Hall–Kier alpha value is -2.22. The molecule has 154 valence electrons. The number of hydrogen-bond acceptors (Lipinski definition) is 2. The summed E-state index contributed by atoms with van der Waals surface area (Å²) in [6.45, 7) is 5.38. The quantitative estimate of drug-likeness (QED) is 0.259.